The molecule has 23 heavy (non-hydrogen) atoms. The maximum absolute atomic E-state index is 13.1. The number of hydrogen-bond donors (Lipinski definition) is 0. The van der Waals surface area contributed by atoms with Crippen LogP contribution in [0.2, 0.25) is 0 Å². The molecule has 1 aromatic carbocycles. The van der Waals surface area contributed by atoms with Crippen LogP contribution in [0.4, 0.5) is 0 Å². The Morgan fingerprint density at radius 1 is 1.04 bits per heavy atom. The van der Waals surface area contributed by atoms with Crippen molar-refractivity contribution < 1.29 is 9.59 Å². The molecule has 0 bridgehead atoms. The van der Waals surface area contributed by atoms with Gasteiger partial charge >= 0.3 is 0 Å². The first-order chi connectivity index (χ1) is 11.2. The summed E-state index contributed by atoms with van der Waals surface area (Å²) >= 11 is 0. The maximum atomic E-state index is 13.1. The molecule has 2 aliphatic heterocycles. The molecule has 2 atom stereocenters. The minimum Gasteiger partial charge on any atom is -0.342 e. The first-order valence-corrected chi connectivity index (χ1v) is 8.78. The summed E-state index contributed by atoms with van der Waals surface area (Å²) in [4.78, 5) is 29.1. The SMILES string of the molecule is CN1C(=O)CC[C@@H](C(=O)N2CCCCCC2)[C@H]1c1ccccc1. The van der Waals surface area contributed by atoms with Crippen LogP contribution in [0.1, 0.15) is 50.1 Å². The normalized spacial score (nSPS) is 26.0. The van der Waals surface area contributed by atoms with Gasteiger partial charge in [0, 0.05) is 26.6 Å². The maximum Gasteiger partial charge on any atom is 0.228 e. The van der Waals surface area contributed by atoms with Gasteiger partial charge in [0.2, 0.25) is 11.8 Å². The molecule has 124 valence electrons. The molecule has 2 saturated heterocycles. The number of piperidine rings is 1. The van der Waals surface area contributed by atoms with Crippen LogP contribution in [-0.4, -0.2) is 41.8 Å². The van der Waals surface area contributed by atoms with Gasteiger partial charge in [0.25, 0.3) is 0 Å². The number of carbonyl (C=O) groups is 2. The second-order valence-electron chi connectivity index (χ2n) is 6.74. The molecule has 2 heterocycles. The first kappa shape index (κ1) is 16.0. The van der Waals surface area contributed by atoms with E-state index in [1.165, 1.54) is 12.8 Å². The molecule has 0 radical (unpaired) electrons. The van der Waals surface area contributed by atoms with Crippen molar-refractivity contribution in [2.45, 2.75) is 44.6 Å². The number of rotatable bonds is 2. The van der Waals surface area contributed by atoms with E-state index in [9.17, 15) is 9.59 Å². The Morgan fingerprint density at radius 2 is 1.70 bits per heavy atom. The molecule has 0 spiro atoms. The van der Waals surface area contributed by atoms with Crippen LogP contribution in [-0.2, 0) is 9.59 Å². The van der Waals surface area contributed by atoms with Crippen LogP contribution in [0.15, 0.2) is 30.3 Å². The van der Waals surface area contributed by atoms with Crippen molar-refractivity contribution in [1.29, 1.82) is 0 Å². The monoisotopic (exact) mass is 314 g/mol. The predicted molar refractivity (Wildman–Crippen MR) is 89.7 cm³/mol. The number of likely N-dealkylation sites (tertiary alicyclic amines) is 2. The molecule has 3 rings (SSSR count). The quantitative estimate of drug-likeness (QED) is 0.842. The van der Waals surface area contributed by atoms with Gasteiger partial charge in [-0.15, -0.1) is 0 Å². The molecule has 0 N–H and O–H groups in total. The Bertz CT molecular complexity index is 550. The highest BCUT2D eigenvalue weighted by atomic mass is 16.2. The van der Waals surface area contributed by atoms with Crippen LogP contribution >= 0.6 is 0 Å². The van der Waals surface area contributed by atoms with Gasteiger partial charge in [0.05, 0.1) is 12.0 Å². The fourth-order valence-corrected chi connectivity index (χ4v) is 3.93. The summed E-state index contributed by atoms with van der Waals surface area (Å²) in [6, 6.07) is 9.86. The number of amides is 2. The lowest BCUT2D eigenvalue weighted by Gasteiger charge is -2.40. The highest BCUT2D eigenvalue weighted by molar-refractivity contribution is 5.85. The molecule has 4 nitrogen and oxygen atoms in total. The summed E-state index contributed by atoms with van der Waals surface area (Å²) in [5, 5.41) is 0. The molecular formula is C19H26N2O2. The second-order valence-corrected chi connectivity index (χ2v) is 6.74. The van der Waals surface area contributed by atoms with Crippen LogP contribution in [0.3, 0.4) is 0 Å². The van der Waals surface area contributed by atoms with Gasteiger partial charge in [-0.25, -0.2) is 0 Å². The minimum atomic E-state index is -0.131. The van der Waals surface area contributed by atoms with E-state index in [0.29, 0.717) is 12.8 Å². The average Bonchev–Trinajstić information content (AvgIpc) is 2.86. The van der Waals surface area contributed by atoms with Crippen molar-refractivity contribution in [1.82, 2.24) is 9.80 Å². The van der Waals surface area contributed by atoms with E-state index in [1.54, 1.807) is 4.90 Å². The van der Waals surface area contributed by atoms with Gasteiger partial charge in [0.1, 0.15) is 0 Å². The fraction of sp³-hybridized carbons (Fsp3) is 0.579. The van der Waals surface area contributed by atoms with E-state index in [4.69, 9.17) is 0 Å². The van der Waals surface area contributed by atoms with Crippen LogP contribution in [0.5, 0.6) is 0 Å². The zero-order valence-corrected chi connectivity index (χ0v) is 13.9. The topological polar surface area (TPSA) is 40.6 Å². The lowest BCUT2D eigenvalue weighted by atomic mass is 9.83. The fourth-order valence-electron chi connectivity index (χ4n) is 3.93. The van der Waals surface area contributed by atoms with Crippen molar-refractivity contribution in [2.24, 2.45) is 5.92 Å². The summed E-state index contributed by atoms with van der Waals surface area (Å²) in [7, 11) is 1.84. The van der Waals surface area contributed by atoms with Gasteiger partial charge in [-0.05, 0) is 24.8 Å². The zero-order valence-electron chi connectivity index (χ0n) is 13.9. The van der Waals surface area contributed by atoms with E-state index in [0.717, 1.165) is 31.5 Å². The number of nitrogens with zero attached hydrogens (tertiary/aromatic N) is 2. The van der Waals surface area contributed by atoms with E-state index >= 15 is 0 Å². The predicted octanol–water partition coefficient (Wildman–Crippen LogP) is 3.00. The molecule has 0 saturated carbocycles. The van der Waals surface area contributed by atoms with Gasteiger partial charge in [-0.3, -0.25) is 9.59 Å². The van der Waals surface area contributed by atoms with Gasteiger partial charge in [-0.1, -0.05) is 43.2 Å². The summed E-state index contributed by atoms with van der Waals surface area (Å²) < 4.78 is 0. The molecule has 0 aliphatic carbocycles. The Hall–Kier alpha value is -1.84. The standard InChI is InChI=1S/C19H26N2O2/c1-20-17(22)12-11-16(18(20)15-9-5-4-6-10-15)19(23)21-13-7-2-3-8-14-21/h4-6,9-10,16,18H,2-3,7-8,11-14H2,1H3/t16-,18-/m1/s1. The molecule has 2 amide bonds. The summed E-state index contributed by atoms with van der Waals surface area (Å²) in [5.41, 5.74) is 1.07. The van der Waals surface area contributed by atoms with E-state index < -0.39 is 0 Å². The summed E-state index contributed by atoms with van der Waals surface area (Å²) in [6.45, 7) is 1.74. The van der Waals surface area contributed by atoms with Gasteiger partial charge in [0.15, 0.2) is 0 Å². The highest BCUT2D eigenvalue weighted by Crippen LogP contribution is 2.37. The van der Waals surface area contributed by atoms with Crippen LogP contribution in [0.25, 0.3) is 0 Å². The van der Waals surface area contributed by atoms with Crippen LogP contribution < -0.4 is 0 Å². The van der Waals surface area contributed by atoms with E-state index in [1.807, 2.05) is 42.3 Å². The Morgan fingerprint density at radius 3 is 2.35 bits per heavy atom. The smallest absolute Gasteiger partial charge is 0.228 e. The third kappa shape index (κ3) is 3.41. The average molecular weight is 314 g/mol. The molecular weight excluding hydrogens is 288 g/mol. The van der Waals surface area contributed by atoms with Crippen molar-refractivity contribution in [3.05, 3.63) is 35.9 Å². The molecule has 4 heteroatoms. The minimum absolute atomic E-state index is 0.113. The van der Waals surface area contributed by atoms with Crippen LogP contribution in [0, 0.1) is 5.92 Å². The van der Waals surface area contributed by atoms with Gasteiger partial charge in [-0.2, -0.15) is 0 Å². The zero-order chi connectivity index (χ0) is 16.2. The summed E-state index contributed by atoms with van der Waals surface area (Å²) in [5.74, 6) is 0.261. The van der Waals surface area contributed by atoms with Crippen molar-refractivity contribution in [3.63, 3.8) is 0 Å². The molecule has 1 aromatic rings. The van der Waals surface area contributed by atoms with Gasteiger partial charge < -0.3 is 9.80 Å². The number of carbonyl (C=O) groups excluding carboxylic acids is 2. The lowest BCUT2D eigenvalue weighted by Crippen LogP contribution is -2.47. The number of benzene rings is 1. The highest BCUT2D eigenvalue weighted by Gasteiger charge is 2.40. The number of hydrogen-bond acceptors (Lipinski definition) is 2. The Balaban J connectivity index is 1.85. The van der Waals surface area contributed by atoms with E-state index in [2.05, 4.69) is 0 Å². The lowest BCUT2D eigenvalue weighted by molar-refractivity contribution is -0.146. The largest absolute Gasteiger partial charge is 0.342 e. The molecule has 0 aromatic heterocycles. The first-order valence-electron chi connectivity index (χ1n) is 8.78. The Kier molecular flexibility index (Phi) is 4.99. The van der Waals surface area contributed by atoms with Crippen molar-refractivity contribution in [3.8, 4) is 0 Å². The second kappa shape index (κ2) is 7.16. The Labute approximate surface area is 138 Å². The van der Waals surface area contributed by atoms with E-state index in [-0.39, 0.29) is 23.8 Å². The molecule has 0 unspecified atom stereocenters. The third-order valence-corrected chi connectivity index (χ3v) is 5.24. The van der Waals surface area contributed by atoms with Crippen molar-refractivity contribution in [2.75, 3.05) is 20.1 Å². The van der Waals surface area contributed by atoms with Crippen molar-refractivity contribution >= 4 is 11.8 Å². The molecule has 2 fully saturated rings. The third-order valence-electron chi connectivity index (χ3n) is 5.24. The summed E-state index contributed by atoms with van der Waals surface area (Å²) in [6.07, 6.45) is 5.78. The molecule has 2 aliphatic rings.